The monoisotopic (exact) mass is 311 g/mol. The zero-order chi connectivity index (χ0) is 13.3. The average molecular weight is 312 g/mol. The largest absolute Gasteiger partial charge is 0.439 e. The molecular formula is C11H10BrN3O3. The molecule has 0 bridgehead atoms. The summed E-state index contributed by atoms with van der Waals surface area (Å²) in [7, 11) is 0. The number of oxazole rings is 1. The predicted octanol–water partition coefficient (Wildman–Crippen LogP) is 3.03. The molecule has 0 amide bonds. The highest BCUT2D eigenvalue weighted by atomic mass is 79.9. The van der Waals surface area contributed by atoms with Gasteiger partial charge in [-0.2, -0.15) is 0 Å². The number of hydrogen-bond donors (Lipinski definition) is 1. The zero-order valence-corrected chi connectivity index (χ0v) is 11.0. The molecule has 0 saturated heterocycles. The van der Waals surface area contributed by atoms with Crippen LogP contribution in [0.15, 0.2) is 33.3 Å². The number of non-ortho nitro benzene ring substituents is 1. The zero-order valence-electron chi connectivity index (χ0n) is 9.46. The quantitative estimate of drug-likeness (QED) is 0.694. The van der Waals surface area contributed by atoms with Crippen molar-refractivity contribution in [2.75, 3.05) is 0 Å². The third kappa shape index (κ3) is 2.57. The second kappa shape index (κ2) is 4.87. The summed E-state index contributed by atoms with van der Waals surface area (Å²) in [6.45, 7) is 1.75. The van der Waals surface area contributed by atoms with Crippen LogP contribution < -0.4 is 5.73 Å². The third-order valence-electron chi connectivity index (χ3n) is 2.29. The molecule has 6 nitrogen and oxygen atoms in total. The number of aromatic nitrogens is 1. The predicted molar refractivity (Wildman–Crippen MR) is 68.9 cm³/mol. The Labute approximate surface area is 111 Å². The van der Waals surface area contributed by atoms with Gasteiger partial charge in [0.1, 0.15) is 0 Å². The topological polar surface area (TPSA) is 95.2 Å². The normalized spacial score (nSPS) is 12.4. The van der Waals surface area contributed by atoms with E-state index in [1.54, 1.807) is 13.0 Å². The standard InChI is InChI=1S/C11H10BrN3O3/c1-6(13)11-14-5-10(18-11)7-2-8(12)4-9(3-7)15(16)17/h2-6H,13H2,1H3. The highest BCUT2D eigenvalue weighted by Crippen LogP contribution is 2.29. The minimum absolute atomic E-state index is 0.0156. The molecule has 0 aliphatic rings. The van der Waals surface area contributed by atoms with Gasteiger partial charge in [-0.15, -0.1) is 0 Å². The van der Waals surface area contributed by atoms with E-state index in [9.17, 15) is 10.1 Å². The second-order valence-electron chi connectivity index (χ2n) is 3.81. The fourth-order valence-electron chi connectivity index (χ4n) is 1.45. The first kappa shape index (κ1) is 12.7. The molecule has 1 aromatic carbocycles. The van der Waals surface area contributed by atoms with Crippen molar-refractivity contribution in [3.63, 3.8) is 0 Å². The van der Waals surface area contributed by atoms with E-state index < -0.39 is 4.92 Å². The van der Waals surface area contributed by atoms with E-state index >= 15 is 0 Å². The molecular weight excluding hydrogens is 302 g/mol. The van der Waals surface area contributed by atoms with E-state index in [0.29, 0.717) is 21.7 Å². The third-order valence-corrected chi connectivity index (χ3v) is 2.75. The Morgan fingerprint density at radius 2 is 2.22 bits per heavy atom. The van der Waals surface area contributed by atoms with E-state index in [2.05, 4.69) is 20.9 Å². The van der Waals surface area contributed by atoms with Crippen molar-refractivity contribution in [2.24, 2.45) is 5.73 Å². The van der Waals surface area contributed by atoms with Crippen molar-refractivity contribution in [1.29, 1.82) is 0 Å². The molecule has 0 spiro atoms. The molecule has 2 rings (SSSR count). The maximum Gasteiger partial charge on any atom is 0.271 e. The van der Waals surface area contributed by atoms with Crippen LogP contribution in [0, 0.1) is 10.1 Å². The van der Waals surface area contributed by atoms with Gasteiger partial charge in [-0.05, 0) is 13.0 Å². The van der Waals surface area contributed by atoms with Crippen molar-refractivity contribution in [3.05, 3.63) is 44.9 Å². The molecule has 2 N–H and O–H groups in total. The molecule has 1 atom stereocenters. The van der Waals surface area contributed by atoms with Crippen LogP contribution in [0.4, 0.5) is 5.69 Å². The van der Waals surface area contributed by atoms with Crippen LogP contribution in [-0.4, -0.2) is 9.91 Å². The summed E-state index contributed by atoms with van der Waals surface area (Å²) >= 11 is 3.22. The lowest BCUT2D eigenvalue weighted by molar-refractivity contribution is -0.384. The number of nitro groups is 1. The van der Waals surface area contributed by atoms with Gasteiger partial charge in [0.05, 0.1) is 17.2 Å². The molecule has 7 heteroatoms. The van der Waals surface area contributed by atoms with Crippen molar-refractivity contribution < 1.29 is 9.34 Å². The van der Waals surface area contributed by atoms with Crippen LogP contribution in [0.25, 0.3) is 11.3 Å². The van der Waals surface area contributed by atoms with E-state index in [-0.39, 0.29) is 11.7 Å². The number of nitrogens with zero attached hydrogens (tertiary/aromatic N) is 2. The van der Waals surface area contributed by atoms with Gasteiger partial charge >= 0.3 is 0 Å². The van der Waals surface area contributed by atoms with Crippen LogP contribution >= 0.6 is 15.9 Å². The molecule has 1 unspecified atom stereocenters. The van der Waals surface area contributed by atoms with Crippen molar-refractivity contribution in [1.82, 2.24) is 4.98 Å². The van der Waals surface area contributed by atoms with Gasteiger partial charge in [-0.3, -0.25) is 10.1 Å². The second-order valence-corrected chi connectivity index (χ2v) is 4.72. The van der Waals surface area contributed by atoms with Gasteiger partial charge < -0.3 is 10.2 Å². The number of halogens is 1. The number of hydrogen-bond acceptors (Lipinski definition) is 5. The summed E-state index contributed by atoms with van der Waals surface area (Å²) in [4.78, 5) is 14.3. The van der Waals surface area contributed by atoms with Gasteiger partial charge in [0.15, 0.2) is 5.76 Å². The molecule has 1 aromatic heterocycles. The Morgan fingerprint density at radius 1 is 1.50 bits per heavy atom. The lowest BCUT2D eigenvalue weighted by Gasteiger charge is -2.00. The van der Waals surface area contributed by atoms with Crippen LogP contribution in [-0.2, 0) is 0 Å². The highest BCUT2D eigenvalue weighted by molar-refractivity contribution is 9.10. The van der Waals surface area contributed by atoms with Gasteiger partial charge in [-0.25, -0.2) is 4.98 Å². The Balaban J connectivity index is 2.46. The number of rotatable bonds is 3. The summed E-state index contributed by atoms with van der Waals surface area (Å²) in [5.74, 6) is 0.847. The fraction of sp³-hybridized carbons (Fsp3) is 0.182. The Hall–Kier alpha value is -1.73. The molecule has 94 valence electrons. The van der Waals surface area contributed by atoms with Gasteiger partial charge in [0.25, 0.3) is 5.69 Å². The van der Waals surface area contributed by atoms with E-state index in [0.717, 1.165) is 0 Å². The Kier molecular flexibility index (Phi) is 3.44. The summed E-state index contributed by atoms with van der Waals surface area (Å²) in [6.07, 6.45) is 1.50. The van der Waals surface area contributed by atoms with Crippen LogP contribution in [0.3, 0.4) is 0 Å². The molecule has 0 aliphatic heterocycles. The maximum absolute atomic E-state index is 10.8. The number of benzene rings is 1. The van der Waals surface area contributed by atoms with Crippen LogP contribution in [0.1, 0.15) is 18.9 Å². The summed E-state index contributed by atoms with van der Waals surface area (Å²) in [6, 6.07) is 4.25. The van der Waals surface area contributed by atoms with Crippen LogP contribution in [0.2, 0.25) is 0 Å². The first-order valence-corrected chi connectivity index (χ1v) is 5.93. The van der Waals surface area contributed by atoms with Gasteiger partial charge in [0, 0.05) is 22.2 Å². The smallest absolute Gasteiger partial charge is 0.271 e. The summed E-state index contributed by atoms with van der Waals surface area (Å²) < 4.78 is 6.04. The van der Waals surface area contributed by atoms with E-state index in [1.807, 2.05) is 0 Å². The maximum atomic E-state index is 10.8. The summed E-state index contributed by atoms with van der Waals surface area (Å²) in [5, 5.41) is 10.8. The lowest BCUT2D eigenvalue weighted by atomic mass is 10.1. The number of nitro benzene ring substituents is 1. The molecule has 0 saturated carbocycles. The van der Waals surface area contributed by atoms with E-state index in [1.165, 1.54) is 18.3 Å². The SMILES string of the molecule is CC(N)c1ncc(-c2cc(Br)cc([N+](=O)[O-])c2)o1. The lowest BCUT2D eigenvalue weighted by Crippen LogP contribution is -2.04. The molecule has 18 heavy (non-hydrogen) atoms. The minimum Gasteiger partial charge on any atom is -0.439 e. The van der Waals surface area contributed by atoms with Gasteiger partial charge in [-0.1, -0.05) is 15.9 Å². The van der Waals surface area contributed by atoms with Gasteiger partial charge in [0.2, 0.25) is 5.89 Å². The van der Waals surface area contributed by atoms with Crippen molar-refractivity contribution in [2.45, 2.75) is 13.0 Å². The first-order chi connectivity index (χ1) is 8.47. The molecule has 0 fully saturated rings. The first-order valence-electron chi connectivity index (χ1n) is 5.14. The Bertz CT molecular complexity index is 595. The number of nitrogens with two attached hydrogens (primary N) is 1. The summed E-state index contributed by atoms with van der Waals surface area (Å²) in [5.41, 5.74) is 6.20. The highest BCUT2D eigenvalue weighted by Gasteiger charge is 2.14. The molecule has 1 heterocycles. The fourth-order valence-corrected chi connectivity index (χ4v) is 1.93. The molecule has 2 aromatic rings. The van der Waals surface area contributed by atoms with Crippen molar-refractivity contribution in [3.8, 4) is 11.3 Å². The minimum atomic E-state index is -0.461. The molecule has 0 radical (unpaired) electrons. The van der Waals surface area contributed by atoms with Crippen molar-refractivity contribution >= 4 is 21.6 Å². The average Bonchev–Trinajstić information content (AvgIpc) is 2.77. The Morgan fingerprint density at radius 3 is 2.78 bits per heavy atom. The molecule has 0 aliphatic carbocycles. The van der Waals surface area contributed by atoms with E-state index in [4.69, 9.17) is 10.2 Å². The van der Waals surface area contributed by atoms with Crippen LogP contribution in [0.5, 0.6) is 0 Å².